The van der Waals surface area contributed by atoms with Gasteiger partial charge in [-0.25, -0.2) is 9.78 Å². The Morgan fingerprint density at radius 1 is 1.21 bits per heavy atom. The molecule has 3 aliphatic heterocycles. The average Bonchev–Trinajstić information content (AvgIpc) is 3.18. The molecule has 5 heterocycles. The number of nitrogens with one attached hydrogen (secondary N) is 1. The molecule has 2 N–H and O–H groups in total. The van der Waals surface area contributed by atoms with Gasteiger partial charge < -0.3 is 24.5 Å². The summed E-state index contributed by atoms with van der Waals surface area (Å²) in [6.07, 6.45) is 0.845. The third-order valence-corrected chi connectivity index (χ3v) is 7.28. The van der Waals surface area contributed by atoms with Crippen molar-refractivity contribution in [3.8, 4) is 17.1 Å². The Hall–Kier alpha value is -3.39. The van der Waals surface area contributed by atoms with Crippen LogP contribution in [-0.2, 0) is 34.7 Å². The highest BCUT2D eigenvalue weighted by molar-refractivity contribution is 5.98. The number of aliphatic hydroxyl groups is 1. The summed E-state index contributed by atoms with van der Waals surface area (Å²) in [5.74, 6) is 0.108. The molecular weight excluding hydrogens is 434 g/mol. The van der Waals surface area contributed by atoms with Crippen molar-refractivity contribution in [1.29, 1.82) is 0 Å². The van der Waals surface area contributed by atoms with Gasteiger partial charge in [-0.05, 0) is 50.5 Å². The van der Waals surface area contributed by atoms with Crippen LogP contribution in [0, 0.1) is 6.92 Å². The van der Waals surface area contributed by atoms with Crippen molar-refractivity contribution in [2.75, 3.05) is 11.9 Å². The van der Waals surface area contributed by atoms with E-state index in [2.05, 4.69) is 25.2 Å². The molecule has 0 saturated carbocycles. The second-order valence-corrected chi connectivity index (χ2v) is 9.71. The summed E-state index contributed by atoms with van der Waals surface area (Å²) in [5, 5.41) is 15.6. The molecule has 8 nitrogen and oxygen atoms in total. The van der Waals surface area contributed by atoms with E-state index >= 15 is 0 Å². The fraction of sp³-hybridized carbons (Fsp3) is 0.423. The standard InChI is InChI=1S/C26H27N3O5/c1-5-26(32)17-9-19-22-15(10-29(19)24(30)16(17)11-34-25(26)31)14-6-7-33-23-20(14)18(28-22)8-13(4)21(23)27-12(2)3/h8-9,12,27,32H,5-7,10-11H2,1-4H3/t26-/m0/s1. The van der Waals surface area contributed by atoms with E-state index in [0.29, 0.717) is 30.0 Å². The number of aryl methyl sites for hydroxylation is 1. The maximum atomic E-state index is 13.5. The normalized spacial score (nSPS) is 20.0. The first-order chi connectivity index (χ1) is 16.2. The lowest BCUT2D eigenvalue weighted by molar-refractivity contribution is -0.172. The molecule has 3 aromatic rings. The highest BCUT2D eigenvalue weighted by Gasteiger charge is 2.45. The first kappa shape index (κ1) is 21.2. The number of carbonyl (C=O) groups is 1. The Labute approximate surface area is 196 Å². The quantitative estimate of drug-likeness (QED) is 0.452. The Kier molecular flexibility index (Phi) is 4.39. The number of carbonyl (C=O) groups excluding carboxylic acids is 1. The fourth-order valence-corrected chi connectivity index (χ4v) is 5.57. The van der Waals surface area contributed by atoms with Gasteiger partial charge >= 0.3 is 5.97 Å². The van der Waals surface area contributed by atoms with E-state index in [4.69, 9.17) is 14.5 Å². The fourth-order valence-electron chi connectivity index (χ4n) is 5.57. The zero-order valence-corrected chi connectivity index (χ0v) is 19.7. The number of benzene rings is 1. The summed E-state index contributed by atoms with van der Waals surface area (Å²) in [7, 11) is 0. The number of fused-ring (bicyclic) bond motifs is 5. The Morgan fingerprint density at radius 2 is 2.00 bits per heavy atom. The summed E-state index contributed by atoms with van der Waals surface area (Å²) in [4.78, 5) is 30.9. The molecule has 3 aliphatic rings. The van der Waals surface area contributed by atoms with Gasteiger partial charge in [-0.2, -0.15) is 0 Å². The number of cyclic esters (lactones) is 1. The van der Waals surface area contributed by atoms with Crippen molar-refractivity contribution in [2.24, 2.45) is 0 Å². The minimum absolute atomic E-state index is 0.122. The number of hydrogen-bond donors (Lipinski definition) is 2. The molecule has 0 spiro atoms. The molecule has 6 rings (SSSR count). The van der Waals surface area contributed by atoms with Crippen molar-refractivity contribution in [3.05, 3.63) is 50.3 Å². The van der Waals surface area contributed by atoms with Crippen LogP contribution in [0.2, 0.25) is 0 Å². The molecule has 0 radical (unpaired) electrons. The summed E-state index contributed by atoms with van der Waals surface area (Å²) >= 11 is 0. The first-order valence-electron chi connectivity index (χ1n) is 11.8. The van der Waals surface area contributed by atoms with Crippen LogP contribution in [0.15, 0.2) is 16.9 Å². The molecule has 0 bridgehead atoms. The maximum Gasteiger partial charge on any atom is 0.343 e. The number of anilines is 1. The van der Waals surface area contributed by atoms with Crippen LogP contribution in [0.3, 0.4) is 0 Å². The molecule has 1 atom stereocenters. The lowest BCUT2D eigenvalue weighted by Gasteiger charge is -2.31. The van der Waals surface area contributed by atoms with Crippen molar-refractivity contribution < 1.29 is 19.4 Å². The molecule has 0 aliphatic carbocycles. The maximum absolute atomic E-state index is 13.5. The number of pyridine rings is 2. The number of hydrogen-bond acceptors (Lipinski definition) is 7. The lowest BCUT2D eigenvalue weighted by atomic mass is 9.86. The van der Waals surface area contributed by atoms with Crippen LogP contribution in [0.4, 0.5) is 5.69 Å². The molecule has 0 fully saturated rings. The van der Waals surface area contributed by atoms with E-state index in [0.717, 1.165) is 51.1 Å². The highest BCUT2D eigenvalue weighted by Crippen LogP contribution is 2.46. The van der Waals surface area contributed by atoms with Gasteiger partial charge in [-0.3, -0.25) is 4.79 Å². The molecule has 34 heavy (non-hydrogen) atoms. The summed E-state index contributed by atoms with van der Waals surface area (Å²) in [5.41, 5.74) is 4.96. The summed E-state index contributed by atoms with van der Waals surface area (Å²) < 4.78 is 13.0. The van der Waals surface area contributed by atoms with Crippen LogP contribution in [0.5, 0.6) is 5.75 Å². The molecule has 176 valence electrons. The van der Waals surface area contributed by atoms with Crippen LogP contribution in [0.25, 0.3) is 22.3 Å². The Balaban J connectivity index is 1.63. The van der Waals surface area contributed by atoms with Crippen molar-refractivity contribution in [3.63, 3.8) is 0 Å². The smallest absolute Gasteiger partial charge is 0.343 e. The van der Waals surface area contributed by atoms with E-state index in [1.807, 2.05) is 6.92 Å². The largest absolute Gasteiger partial charge is 0.490 e. The molecule has 0 saturated heterocycles. The first-order valence-corrected chi connectivity index (χ1v) is 11.8. The van der Waals surface area contributed by atoms with E-state index in [1.54, 1.807) is 17.6 Å². The Morgan fingerprint density at radius 3 is 2.74 bits per heavy atom. The number of nitrogens with zero attached hydrogens (tertiary/aromatic N) is 2. The van der Waals surface area contributed by atoms with Crippen LogP contribution in [0.1, 0.15) is 55.0 Å². The van der Waals surface area contributed by atoms with Gasteiger partial charge in [0.2, 0.25) is 0 Å². The number of ether oxygens (including phenoxy) is 2. The molecule has 0 unspecified atom stereocenters. The van der Waals surface area contributed by atoms with Gasteiger partial charge in [0, 0.05) is 29.0 Å². The second-order valence-electron chi connectivity index (χ2n) is 9.71. The van der Waals surface area contributed by atoms with Gasteiger partial charge in [0.25, 0.3) is 5.56 Å². The topological polar surface area (TPSA) is 103 Å². The third-order valence-electron chi connectivity index (χ3n) is 7.28. The lowest BCUT2D eigenvalue weighted by Crippen LogP contribution is -2.44. The molecular formula is C26H27N3O5. The minimum atomic E-state index is -1.83. The molecule has 0 amide bonds. The summed E-state index contributed by atoms with van der Waals surface area (Å²) in [6.45, 7) is 8.75. The van der Waals surface area contributed by atoms with E-state index in [9.17, 15) is 14.7 Å². The highest BCUT2D eigenvalue weighted by atomic mass is 16.6. The molecule has 2 aromatic heterocycles. The zero-order valence-electron chi connectivity index (χ0n) is 19.7. The Bertz CT molecular complexity index is 1470. The number of aromatic nitrogens is 2. The summed E-state index contributed by atoms with van der Waals surface area (Å²) in [6, 6.07) is 4.07. The van der Waals surface area contributed by atoms with Crippen LogP contribution in [-0.4, -0.2) is 33.3 Å². The molecule has 1 aromatic carbocycles. The van der Waals surface area contributed by atoms with Crippen molar-refractivity contribution in [2.45, 2.75) is 65.3 Å². The predicted octanol–water partition coefficient (Wildman–Crippen LogP) is 3.14. The van der Waals surface area contributed by atoms with E-state index in [1.165, 1.54) is 0 Å². The third kappa shape index (κ3) is 2.66. The predicted molar refractivity (Wildman–Crippen MR) is 127 cm³/mol. The van der Waals surface area contributed by atoms with E-state index < -0.39 is 11.6 Å². The number of rotatable bonds is 3. The van der Waals surface area contributed by atoms with Crippen LogP contribution >= 0.6 is 0 Å². The number of esters is 1. The minimum Gasteiger partial charge on any atom is -0.490 e. The van der Waals surface area contributed by atoms with Crippen LogP contribution < -0.4 is 15.6 Å². The van der Waals surface area contributed by atoms with Gasteiger partial charge in [0.1, 0.15) is 6.61 Å². The monoisotopic (exact) mass is 461 g/mol. The SMILES string of the molecule is CC[C@@]1(O)C(=O)OCc2c1cc1n(c2=O)Cc2c-1nc1cc(C)c(NC(C)C)c3c1c2CCO3. The van der Waals surface area contributed by atoms with Gasteiger partial charge in [-0.15, -0.1) is 0 Å². The van der Waals surface area contributed by atoms with Crippen molar-refractivity contribution in [1.82, 2.24) is 9.55 Å². The molecule has 8 heteroatoms. The average molecular weight is 462 g/mol. The zero-order chi connectivity index (χ0) is 23.9. The van der Waals surface area contributed by atoms with Gasteiger partial charge in [0.05, 0.1) is 41.3 Å². The van der Waals surface area contributed by atoms with Crippen molar-refractivity contribution >= 4 is 22.6 Å². The van der Waals surface area contributed by atoms with Gasteiger partial charge in [0.15, 0.2) is 11.4 Å². The second kappa shape index (κ2) is 7.06. The van der Waals surface area contributed by atoms with Gasteiger partial charge in [-0.1, -0.05) is 6.92 Å². The van der Waals surface area contributed by atoms with E-state index in [-0.39, 0.29) is 24.6 Å².